The van der Waals surface area contributed by atoms with Gasteiger partial charge in [-0.15, -0.1) is 5.10 Å². The van der Waals surface area contributed by atoms with Crippen molar-refractivity contribution < 1.29 is 66.2 Å². The molecule has 2 rings (SSSR count). The maximum Gasteiger partial charge on any atom is 0.490 e. The van der Waals surface area contributed by atoms with Crippen molar-refractivity contribution in [1.82, 2.24) is 19.7 Å². The quantitative estimate of drug-likeness (QED) is 0.140. The van der Waals surface area contributed by atoms with E-state index in [1.807, 2.05) is 0 Å². The highest BCUT2D eigenvalue weighted by molar-refractivity contribution is 7.66. The molecule has 210 valence electrons. The Labute approximate surface area is 205 Å². The van der Waals surface area contributed by atoms with Gasteiger partial charge in [0.05, 0.1) is 6.61 Å². The van der Waals surface area contributed by atoms with Crippen molar-refractivity contribution in [1.29, 1.82) is 0 Å². The molecule has 1 aromatic rings. The van der Waals surface area contributed by atoms with E-state index < -0.39 is 66.3 Å². The molecule has 0 saturated carbocycles. The summed E-state index contributed by atoms with van der Waals surface area (Å²) < 4.78 is 50.8. The summed E-state index contributed by atoms with van der Waals surface area (Å²) >= 11 is 0. The fourth-order valence-electron chi connectivity index (χ4n) is 2.74. The largest absolute Gasteiger partial charge is 0.490 e. The van der Waals surface area contributed by atoms with Crippen molar-refractivity contribution in [3.05, 3.63) is 12.2 Å². The molecule has 1 aliphatic rings. The normalized spacial score (nSPS) is 25.6. The Morgan fingerprint density at radius 2 is 1.61 bits per heavy atom. The van der Waals surface area contributed by atoms with Crippen LogP contribution < -0.4 is 5.73 Å². The Kier molecular flexibility index (Phi) is 12.4. The smallest absolute Gasteiger partial charge is 0.387 e. The lowest BCUT2D eigenvalue weighted by Gasteiger charge is -2.19. The molecule has 1 fully saturated rings. The second-order valence-electron chi connectivity index (χ2n) is 6.96. The molecule has 0 bridgehead atoms. The van der Waals surface area contributed by atoms with Crippen molar-refractivity contribution in [2.45, 2.75) is 45.3 Å². The number of carbonyl (C=O) groups is 1. The van der Waals surface area contributed by atoms with Gasteiger partial charge in [0.2, 0.25) is 5.82 Å². The van der Waals surface area contributed by atoms with Gasteiger partial charge in [0.25, 0.3) is 5.91 Å². The van der Waals surface area contributed by atoms with Gasteiger partial charge in [-0.1, -0.05) is 20.8 Å². The minimum absolute atomic E-state index is 0.424. The number of phosphoric acid groups is 3. The third kappa shape index (κ3) is 10.7. The van der Waals surface area contributed by atoms with E-state index in [2.05, 4.69) is 48.9 Å². The molecule has 0 radical (unpaired) electrons. The Balaban J connectivity index is 0.000000809. The summed E-state index contributed by atoms with van der Waals surface area (Å²) in [6.07, 6.45) is -5.38. The summed E-state index contributed by atoms with van der Waals surface area (Å²) in [5, 5.41) is 23.5. The van der Waals surface area contributed by atoms with Crippen LogP contribution in [0.2, 0.25) is 0 Å². The van der Waals surface area contributed by atoms with Gasteiger partial charge in [-0.3, -0.25) is 9.32 Å². The number of aromatic nitrogens is 3. The molecule has 1 saturated heterocycles. The third-order valence-electron chi connectivity index (χ3n) is 4.49. The topological polar surface area (TPSA) is 287 Å². The van der Waals surface area contributed by atoms with Gasteiger partial charge < -0.3 is 45.2 Å². The summed E-state index contributed by atoms with van der Waals surface area (Å²) in [5.41, 5.74) is 4.97. The SMILES string of the molecule is CCN(CC)CC.NC(=O)c1ncn([C@@H]2O[C@H](COP(=O)(O)OP(=O)(O)OP(=O)(O)O)[C@@H](O)[C@H]2O)n1. The number of nitrogens with two attached hydrogens (primary N) is 1. The molecule has 8 N–H and O–H groups in total. The number of nitrogens with zero attached hydrogens (tertiary/aromatic N) is 4. The third-order valence-corrected chi connectivity index (χ3v) is 8.29. The number of ether oxygens (including phenoxy) is 1. The molecule has 0 spiro atoms. The van der Waals surface area contributed by atoms with E-state index in [1.54, 1.807) is 0 Å². The molecule has 1 aromatic heterocycles. The molecule has 2 unspecified atom stereocenters. The van der Waals surface area contributed by atoms with E-state index in [-0.39, 0.29) is 0 Å². The van der Waals surface area contributed by atoms with Gasteiger partial charge in [0, 0.05) is 0 Å². The minimum atomic E-state index is -5.71. The van der Waals surface area contributed by atoms with Crippen LogP contribution >= 0.6 is 23.5 Å². The van der Waals surface area contributed by atoms with E-state index in [1.165, 1.54) is 19.6 Å². The average Bonchev–Trinajstić information content (AvgIpc) is 3.32. The lowest BCUT2D eigenvalue weighted by molar-refractivity contribution is -0.0580. The van der Waals surface area contributed by atoms with Crippen LogP contribution in [0.3, 0.4) is 0 Å². The molecule has 36 heavy (non-hydrogen) atoms. The predicted octanol–water partition coefficient (Wildman–Crippen LogP) is -1.31. The van der Waals surface area contributed by atoms with E-state index in [4.69, 9.17) is 25.2 Å². The molecule has 6 atom stereocenters. The molecular weight excluding hydrogens is 555 g/mol. The van der Waals surface area contributed by atoms with Crippen LogP contribution in [0.15, 0.2) is 6.33 Å². The van der Waals surface area contributed by atoms with Gasteiger partial charge in [-0.05, 0) is 19.6 Å². The highest BCUT2D eigenvalue weighted by Crippen LogP contribution is 2.66. The van der Waals surface area contributed by atoms with E-state index >= 15 is 0 Å². The van der Waals surface area contributed by atoms with E-state index in [9.17, 15) is 33.6 Å². The van der Waals surface area contributed by atoms with Crippen LogP contribution in [0.25, 0.3) is 0 Å². The van der Waals surface area contributed by atoms with Crippen molar-refractivity contribution in [3.63, 3.8) is 0 Å². The van der Waals surface area contributed by atoms with Crippen LogP contribution in [0, 0.1) is 0 Å². The number of hydrogen-bond acceptors (Lipinski definition) is 13. The minimum Gasteiger partial charge on any atom is -0.387 e. The van der Waals surface area contributed by atoms with E-state index in [0.717, 1.165) is 11.0 Å². The first-order chi connectivity index (χ1) is 16.4. The summed E-state index contributed by atoms with van der Waals surface area (Å²) in [7, 11) is -16.7. The van der Waals surface area contributed by atoms with Crippen LogP contribution in [-0.2, 0) is 31.6 Å². The molecule has 19 nitrogen and oxygen atoms in total. The van der Waals surface area contributed by atoms with Crippen LogP contribution in [0.5, 0.6) is 0 Å². The number of aliphatic hydroxyl groups is 2. The first-order valence-electron chi connectivity index (χ1n) is 10.2. The van der Waals surface area contributed by atoms with Gasteiger partial charge in [-0.2, -0.15) is 8.62 Å². The lowest BCUT2D eigenvalue weighted by Crippen LogP contribution is -2.33. The highest BCUT2D eigenvalue weighted by Gasteiger charge is 2.47. The molecule has 0 aromatic carbocycles. The van der Waals surface area contributed by atoms with Crippen molar-refractivity contribution in [3.8, 4) is 0 Å². The zero-order valence-corrected chi connectivity index (χ0v) is 22.1. The Hall–Kier alpha value is -1.14. The van der Waals surface area contributed by atoms with E-state index in [0.29, 0.717) is 0 Å². The maximum atomic E-state index is 11.7. The molecule has 2 heterocycles. The molecule has 1 aliphatic heterocycles. The number of phosphoric ester groups is 1. The Morgan fingerprint density at radius 1 is 1.06 bits per heavy atom. The fraction of sp³-hybridized carbons (Fsp3) is 0.786. The lowest BCUT2D eigenvalue weighted by atomic mass is 10.1. The summed E-state index contributed by atoms with van der Waals surface area (Å²) in [5.74, 6) is -1.41. The number of rotatable bonds is 12. The molecular formula is C14H30N5O14P3. The maximum absolute atomic E-state index is 11.7. The number of hydrogen-bond donors (Lipinski definition) is 7. The summed E-state index contributed by atoms with van der Waals surface area (Å²) in [4.78, 5) is 52.2. The highest BCUT2D eigenvalue weighted by atomic mass is 31.3. The van der Waals surface area contributed by atoms with Gasteiger partial charge in [0.1, 0.15) is 24.6 Å². The molecule has 0 aliphatic carbocycles. The number of primary amides is 1. The number of amides is 1. The van der Waals surface area contributed by atoms with Gasteiger partial charge >= 0.3 is 23.5 Å². The average molecular weight is 585 g/mol. The summed E-state index contributed by atoms with van der Waals surface area (Å²) in [6, 6.07) is 0. The molecule has 1 amide bonds. The van der Waals surface area contributed by atoms with Gasteiger partial charge in [0.15, 0.2) is 6.23 Å². The Bertz CT molecular complexity index is 994. The predicted molar refractivity (Wildman–Crippen MR) is 118 cm³/mol. The Morgan fingerprint density at radius 3 is 2.03 bits per heavy atom. The zero-order chi connectivity index (χ0) is 27.9. The summed E-state index contributed by atoms with van der Waals surface area (Å²) in [6.45, 7) is 9.12. The van der Waals surface area contributed by atoms with Crippen LogP contribution in [0.1, 0.15) is 37.6 Å². The van der Waals surface area contributed by atoms with Crippen molar-refractivity contribution >= 4 is 29.4 Å². The van der Waals surface area contributed by atoms with Gasteiger partial charge in [-0.25, -0.2) is 23.4 Å². The fourth-order valence-corrected chi connectivity index (χ4v) is 5.77. The number of aliphatic hydroxyl groups excluding tert-OH is 2. The van der Waals surface area contributed by atoms with Crippen LogP contribution in [0.4, 0.5) is 0 Å². The molecule has 22 heteroatoms. The first kappa shape index (κ1) is 32.9. The van der Waals surface area contributed by atoms with Crippen molar-refractivity contribution in [2.75, 3.05) is 26.2 Å². The zero-order valence-electron chi connectivity index (χ0n) is 19.4. The monoisotopic (exact) mass is 585 g/mol. The number of carbonyl (C=O) groups excluding carboxylic acids is 1. The standard InChI is InChI=1S/C8H15N4O14P3.C6H15N/c9-6(15)7-10-2-12(11-7)8-5(14)4(13)3(24-8)1-23-28(19,20)26-29(21,22)25-27(16,17)18;1-4-7(5-2)6-3/h2-5,8,13-14H,1H2,(H2,9,15)(H,19,20)(H,21,22)(H2,16,17,18);4-6H2,1-3H3/t3-,4-,5-,8-;/m1./s1. The van der Waals surface area contributed by atoms with Crippen LogP contribution in [-0.4, -0.2) is 99.9 Å². The second kappa shape index (κ2) is 13.6. The van der Waals surface area contributed by atoms with Crippen molar-refractivity contribution in [2.24, 2.45) is 5.73 Å². The second-order valence-corrected chi connectivity index (χ2v) is 11.4. The first-order valence-corrected chi connectivity index (χ1v) is 14.7.